The monoisotopic (exact) mass is 479 g/mol. The number of nitrogens with two attached hydrogens (primary N) is 1. The number of carbonyl (C=O) groups excluding carboxylic acids is 1. The number of nitrogen functional groups attached to an aromatic ring is 1. The van der Waals surface area contributed by atoms with E-state index in [-0.39, 0.29) is 30.2 Å². The summed E-state index contributed by atoms with van der Waals surface area (Å²) < 4.78 is 68.9. The Morgan fingerprint density at radius 1 is 1.18 bits per heavy atom. The molecule has 1 aliphatic rings. The lowest BCUT2D eigenvalue weighted by Gasteiger charge is -2.36. The van der Waals surface area contributed by atoms with Crippen molar-refractivity contribution in [1.82, 2.24) is 14.5 Å². The largest absolute Gasteiger partial charge is 0.398 e. The Morgan fingerprint density at radius 2 is 1.85 bits per heavy atom. The van der Waals surface area contributed by atoms with Crippen LogP contribution in [0.2, 0.25) is 0 Å². The molecule has 33 heavy (non-hydrogen) atoms. The second-order valence-corrected chi connectivity index (χ2v) is 10.3. The van der Waals surface area contributed by atoms with Gasteiger partial charge >= 0.3 is 0 Å². The first-order chi connectivity index (χ1) is 15.4. The van der Waals surface area contributed by atoms with Gasteiger partial charge in [-0.3, -0.25) is 9.89 Å². The second-order valence-electron chi connectivity index (χ2n) is 8.35. The minimum atomic E-state index is -4.29. The van der Waals surface area contributed by atoms with E-state index < -0.39 is 43.7 Å². The number of nitrogens with zero attached hydrogens (tertiary/aromatic N) is 2. The van der Waals surface area contributed by atoms with Crippen molar-refractivity contribution >= 4 is 27.4 Å². The maximum Gasteiger partial charge on any atom is 0.261 e. The third-order valence-electron chi connectivity index (χ3n) is 5.43. The number of amides is 1. The van der Waals surface area contributed by atoms with Gasteiger partial charge in [-0.15, -0.1) is 0 Å². The standard InChI is InChI=1S/C21H20F3N5O3S/c1-21(2)10-29(33(31,32)13-7-11(22)6-12(23)8-13)9-14-18(21)27-28-19(14)26-20(30)17-15(24)4-3-5-16(17)25/h3-8H,9-10,25H2,1-2H3,(H2,26,27,28,30). The molecule has 4 N–H and O–H groups in total. The zero-order chi connectivity index (χ0) is 24.1. The molecular formula is C21H20F3N5O3S. The predicted molar refractivity (Wildman–Crippen MR) is 114 cm³/mol. The molecule has 0 saturated carbocycles. The lowest BCUT2D eigenvalue weighted by Crippen LogP contribution is -2.45. The molecule has 1 aliphatic heterocycles. The molecule has 12 heteroatoms. The summed E-state index contributed by atoms with van der Waals surface area (Å²) in [5.74, 6) is -3.73. The Balaban J connectivity index is 1.71. The first-order valence-corrected chi connectivity index (χ1v) is 11.2. The minimum Gasteiger partial charge on any atom is -0.398 e. The van der Waals surface area contributed by atoms with Crippen LogP contribution in [-0.4, -0.2) is 35.4 Å². The topological polar surface area (TPSA) is 121 Å². The van der Waals surface area contributed by atoms with Gasteiger partial charge in [0.15, 0.2) is 5.82 Å². The van der Waals surface area contributed by atoms with E-state index in [9.17, 15) is 26.4 Å². The normalized spacial score (nSPS) is 15.8. The van der Waals surface area contributed by atoms with E-state index in [1.807, 2.05) is 0 Å². The molecule has 2 heterocycles. The number of nitrogens with one attached hydrogen (secondary N) is 2. The molecule has 0 radical (unpaired) electrons. The summed E-state index contributed by atoms with van der Waals surface area (Å²) in [7, 11) is -4.29. The van der Waals surface area contributed by atoms with Gasteiger partial charge in [-0.1, -0.05) is 19.9 Å². The number of anilines is 2. The number of sulfonamides is 1. The first kappa shape index (κ1) is 22.8. The molecule has 1 aromatic heterocycles. The third kappa shape index (κ3) is 4.07. The summed E-state index contributed by atoms with van der Waals surface area (Å²) in [5, 5.41) is 9.35. The van der Waals surface area contributed by atoms with Crippen LogP contribution in [-0.2, 0) is 22.0 Å². The molecule has 0 unspecified atom stereocenters. The van der Waals surface area contributed by atoms with Crippen LogP contribution in [0.5, 0.6) is 0 Å². The number of hydrogen-bond donors (Lipinski definition) is 3. The number of H-pyrrole nitrogens is 1. The molecule has 4 rings (SSSR count). The Hall–Kier alpha value is -3.38. The number of rotatable bonds is 4. The van der Waals surface area contributed by atoms with Crippen molar-refractivity contribution in [3.8, 4) is 0 Å². The van der Waals surface area contributed by atoms with Crippen molar-refractivity contribution in [3.63, 3.8) is 0 Å². The van der Waals surface area contributed by atoms with Crippen LogP contribution < -0.4 is 11.1 Å². The summed E-state index contributed by atoms with van der Waals surface area (Å²) in [5.41, 5.74) is 5.39. The highest BCUT2D eigenvalue weighted by Crippen LogP contribution is 2.38. The van der Waals surface area contributed by atoms with Crippen LogP contribution in [0, 0.1) is 17.5 Å². The van der Waals surface area contributed by atoms with Crippen LogP contribution >= 0.6 is 0 Å². The van der Waals surface area contributed by atoms with E-state index in [4.69, 9.17) is 5.73 Å². The fourth-order valence-corrected chi connectivity index (χ4v) is 5.49. The SMILES string of the molecule is CC1(C)CN(S(=O)(=O)c2cc(F)cc(F)c2)Cc2c(NC(=O)c3c(N)cccc3F)n[nH]c21. The number of aromatic amines is 1. The van der Waals surface area contributed by atoms with Gasteiger partial charge < -0.3 is 11.1 Å². The molecule has 0 fully saturated rings. The Bertz CT molecular complexity index is 1330. The number of hydrogen-bond acceptors (Lipinski definition) is 5. The van der Waals surface area contributed by atoms with E-state index in [1.165, 1.54) is 12.1 Å². The molecule has 0 spiro atoms. The molecule has 0 aliphatic carbocycles. The van der Waals surface area contributed by atoms with E-state index in [0.717, 1.165) is 22.5 Å². The number of fused-ring (bicyclic) bond motifs is 1. The quantitative estimate of drug-likeness (QED) is 0.497. The van der Waals surface area contributed by atoms with Crippen molar-refractivity contribution in [3.05, 3.63) is 70.7 Å². The van der Waals surface area contributed by atoms with Crippen molar-refractivity contribution in [2.45, 2.75) is 30.7 Å². The zero-order valence-electron chi connectivity index (χ0n) is 17.6. The fourth-order valence-electron chi connectivity index (χ4n) is 3.88. The van der Waals surface area contributed by atoms with Gasteiger partial charge in [-0.25, -0.2) is 21.6 Å². The van der Waals surface area contributed by atoms with Crippen molar-refractivity contribution in [2.24, 2.45) is 0 Å². The first-order valence-electron chi connectivity index (χ1n) is 9.79. The maximum atomic E-state index is 14.1. The van der Waals surface area contributed by atoms with Crippen molar-refractivity contribution < 1.29 is 26.4 Å². The highest BCUT2D eigenvalue weighted by atomic mass is 32.2. The fraction of sp³-hybridized carbons (Fsp3) is 0.238. The van der Waals surface area contributed by atoms with Crippen LogP contribution in [0.15, 0.2) is 41.3 Å². The van der Waals surface area contributed by atoms with E-state index in [0.29, 0.717) is 17.3 Å². The molecule has 0 bridgehead atoms. The number of benzene rings is 2. The molecule has 8 nitrogen and oxygen atoms in total. The molecule has 0 saturated heterocycles. The summed E-state index contributed by atoms with van der Waals surface area (Å²) in [6, 6.07) is 5.86. The number of halogens is 3. The highest BCUT2D eigenvalue weighted by molar-refractivity contribution is 7.89. The molecule has 1 amide bonds. The number of carbonyl (C=O) groups is 1. The molecular weight excluding hydrogens is 459 g/mol. The van der Waals surface area contributed by atoms with Gasteiger partial charge in [0.2, 0.25) is 10.0 Å². The van der Waals surface area contributed by atoms with Gasteiger partial charge in [0.05, 0.1) is 10.5 Å². The Kier molecular flexibility index (Phi) is 5.45. The van der Waals surface area contributed by atoms with E-state index >= 15 is 0 Å². The number of aromatic nitrogens is 2. The van der Waals surface area contributed by atoms with Crippen LogP contribution in [0.1, 0.15) is 35.5 Å². The Labute approximate surface area is 187 Å². The Morgan fingerprint density at radius 3 is 2.48 bits per heavy atom. The average molecular weight is 479 g/mol. The highest BCUT2D eigenvalue weighted by Gasteiger charge is 2.41. The summed E-state index contributed by atoms with van der Waals surface area (Å²) in [6.45, 7) is 3.24. The van der Waals surface area contributed by atoms with Crippen LogP contribution in [0.25, 0.3) is 0 Å². The van der Waals surface area contributed by atoms with E-state index in [1.54, 1.807) is 13.8 Å². The van der Waals surface area contributed by atoms with Gasteiger partial charge in [-0.05, 0) is 24.3 Å². The second kappa shape index (κ2) is 7.89. The smallest absolute Gasteiger partial charge is 0.261 e. The molecule has 3 aromatic rings. The third-order valence-corrected chi connectivity index (χ3v) is 7.20. The molecule has 0 atom stereocenters. The van der Waals surface area contributed by atoms with E-state index in [2.05, 4.69) is 15.5 Å². The molecule has 2 aromatic carbocycles. The van der Waals surface area contributed by atoms with Crippen LogP contribution in [0.4, 0.5) is 24.7 Å². The summed E-state index contributed by atoms with van der Waals surface area (Å²) in [6.07, 6.45) is 0. The van der Waals surface area contributed by atoms with Gasteiger partial charge in [0.25, 0.3) is 5.91 Å². The van der Waals surface area contributed by atoms with Crippen LogP contribution in [0.3, 0.4) is 0 Å². The maximum absolute atomic E-state index is 14.1. The van der Waals surface area contributed by atoms with Gasteiger partial charge in [0, 0.05) is 41.5 Å². The zero-order valence-corrected chi connectivity index (χ0v) is 18.4. The lowest BCUT2D eigenvalue weighted by atomic mass is 9.84. The molecule has 174 valence electrons. The van der Waals surface area contributed by atoms with Crippen molar-refractivity contribution in [1.29, 1.82) is 0 Å². The summed E-state index contributed by atoms with van der Waals surface area (Å²) in [4.78, 5) is 12.1. The summed E-state index contributed by atoms with van der Waals surface area (Å²) >= 11 is 0. The predicted octanol–water partition coefficient (Wildman–Crippen LogP) is 3.14. The average Bonchev–Trinajstić information content (AvgIpc) is 3.10. The van der Waals surface area contributed by atoms with Crippen molar-refractivity contribution in [2.75, 3.05) is 17.6 Å². The van der Waals surface area contributed by atoms with Gasteiger partial charge in [-0.2, -0.15) is 9.40 Å². The van der Waals surface area contributed by atoms with Gasteiger partial charge in [0.1, 0.15) is 17.5 Å². The lowest BCUT2D eigenvalue weighted by molar-refractivity contribution is 0.102. The minimum absolute atomic E-state index is 0.00366.